The number of esters is 1. The van der Waals surface area contributed by atoms with Crippen LogP contribution in [-0.2, 0) is 16.1 Å². The van der Waals surface area contributed by atoms with Crippen LogP contribution in [0.25, 0.3) is 0 Å². The van der Waals surface area contributed by atoms with Crippen molar-refractivity contribution in [2.45, 2.75) is 50.5 Å². The van der Waals surface area contributed by atoms with E-state index in [2.05, 4.69) is 22.9 Å². The number of alkyl halides is 1. The van der Waals surface area contributed by atoms with Gasteiger partial charge in [-0.25, -0.2) is 0 Å². The molecule has 0 spiro atoms. The summed E-state index contributed by atoms with van der Waals surface area (Å²) >= 11 is 3.51. The molecule has 0 bridgehead atoms. The van der Waals surface area contributed by atoms with Crippen molar-refractivity contribution in [2.24, 2.45) is 0 Å². The molecule has 18 heavy (non-hydrogen) atoms. The standard InChI is InChI=1S/C15H21BrO2/c1-13(16)8-4-2-7-11-15(17)18-12-14-9-5-3-6-10-14/h3,5-6,9-10,13H,2,4,7-8,11-12H2,1H3. The van der Waals surface area contributed by atoms with Crippen LogP contribution in [0.4, 0.5) is 0 Å². The lowest BCUT2D eigenvalue weighted by atomic mass is 10.1. The molecule has 0 radical (unpaired) electrons. The smallest absolute Gasteiger partial charge is 0.306 e. The monoisotopic (exact) mass is 312 g/mol. The van der Waals surface area contributed by atoms with Crippen molar-refractivity contribution < 1.29 is 9.53 Å². The molecule has 0 aliphatic heterocycles. The average molecular weight is 313 g/mol. The van der Waals surface area contributed by atoms with E-state index >= 15 is 0 Å². The van der Waals surface area contributed by atoms with Gasteiger partial charge < -0.3 is 4.74 Å². The summed E-state index contributed by atoms with van der Waals surface area (Å²) in [6.45, 7) is 2.53. The number of hydrogen-bond acceptors (Lipinski definition) is 2. The average Bonchev–Trinajstić information content (AvgIpc) is 2.37. The molecule has 1 aromatic rings. The van der Waals surface area contributed by atoms with Gasteiger partial charge in [-0.1, -0.05) is 66.0 Å². The van der Waals surface area contributed by atoms with Crippen molar-refractivity contribution in [2.75, 3.05) is 0 Å². The van der Waals surface area contributed by atoms with Crippen molar-refractivity contribution in [1.82, 2.24) is 0 Å². The van der Waals surface area contributed by atoms with E-state index in [1.807, 2.05) is 30.3 Å². The molecule has 0 saturated carbocycles. The Bertz CT molecular complexity index is 336. The Balaban J connectivity index is 2.04. The third-order valence-electron chi connectivity index (χ3n) is 2.73. The van der Waals surface area contributed by atoms with Crippen LogP contribution in [0, 0.1) is 0 Å². The minimum Gasteiger partial charge on any atom is -0.461 e. The molecule has 2 nitrogen and oxygen atoms in total. The van der Waals surface area contributed by atoms with Gasteiger partial charge in [-0.3, -0.25) is 4.79 Å². The van der Waals surface area contributed by atoms with Gasteiger partial charge in [0.15, 0.2) is 0 Å². The molecule has 0 amide bonds. The maximum atomic E-state index is 11.5. The zero-order valence-electron chi connectivity index (χ0n) is 10.9. The molecule has 1 atom stereocenters. The molecule has 0 saturated heterocycles. The van der Waals surface area contributed by atoms with Crippen molar-refractivity contribution in [1.29, 1.82) is 0 Å². The van der Waals surface area contributed by atoms with Crippen LogP contribution >= 0.6 is 15.9 Å². The van der Waals surface area contributed by atoms with E-state index < -0.39 is 0 Å². The van der Waals surface area contributed by atoms with Crippen molar-refractivity contribution >= 4 is 21.9 Å². The van der Waals surface area contributed by atoms with E-state index in [9.17, 15) is 4.79 Å². The highest BCUT2D eigenvalue weighted by Gasteiger charge is 2.03. The SMILES string of the molecule is CC(Br)CCCCCC(=O)OCc1ccccc1. The van der Waals surface area contributed by atoms with Crippen LogP contribution in [-0.4, -0.2) is 10.8 Å². The van der Waals surface area contributed by atoms with Gasteiger partial charge in [0, 0.05) is 11.2 Å². The number of unbranched alkanes of at least 4 members (excludes halogenated alkanes) is 2. The summed E-state index contributed by atoms with van der Waals surface area (Å²) in [5, 5.41) is 0. The highest BCUT2D eigenvalue weighted by molar-refractivity contribution is 9.09. The Morgan fingerprint density at radius 1 is 1.22 bits per heavy atom. The van der Waals surface area contributed by atoms with Gasteiger partial charge in [-0.2, -0.15) is 0 Å². The summed E-state index contributed by atoms with van der Waals surface area (Å²) in [5.74, 6) is -0.0919. The second-order valence-corrected chi connectivity index (χ2v) is 6.09. The highest BCUT2D eigenvalue weighted by Crippen LogP contribution is 2.11. The van der Waals surface area contributed by atoms with E-state index in [0.29, 0.717) is 17.9 Å². The van der Waals surface area contributed by atoms with Gasteiger partial charge in [-0.05, 0) is 18.4 Å². The fourth-order valence-electron chi connectivity index (χ4n) is 1.68. The van der Waals surface area contributed by atoms with Crippen molar-refractivity contribution in [3.8, 4) is 0 Å². The van der Waals surface area contributed by atoms with E-state index in [1.54, 1.807) is 0 Å². The number of carbonyl (C=O) groups is 1. The van der Waals surface area contributed by atoms with Gasteiger partial charge in [0.25, 0.3) is 0 Å². The van der Waals surface area contributed by atoms with Crippen LogP contribution in [0.2, 0.25) is 0 Å². The summed E-state index contributed by atoms with van der Waals surface area (Å²) in [6, 6.07) is 9.78. The Morgan fingerprint density at radius 2 is 1.94 bits per heavy atom. The van der Waals surface area contributed by atoms with Crippen LogP contribution < -0.4 is 0 Å². The first-order chi connectivity index (χ1) is 8.68. The maximum Gasteiger partial charge on any atom is 0.306 e. The van der Waals surface area contributed by atoms with E-state index in [1.165, 1.54) is 12.8 Å². The van der Waals surface area contributed by atoms with Crippen molar-refractivity contribution in [3.63, 3.8) is 0 Å². The van der Waals surface area contributed by atoms with Gasteiger partial charge in [-0.15, -0.1) is 0 Å². The molecule has 100 valence electrons. The summed E-state index contributed by atoms with van der Waals surface area (Å²) in [6.07, 6.45) is 4.88. The Labute approximate surface area is 118 Å². The lowest BCUT2D eigenvalue weighted by molar-refractivity contribution is -0.145. The Hall–Kier alpha value is -0.830. The molecule has 0 fully saturated rings. The lowest BCUT2D eigenvalue weighted by Crippen LogP contribution is -2.04. The molecule has 0 N–H and O–H groups in total. The topological polar surface area (TPSA) is 26.3 Å². The molecule has 0 aliphatic rings. The van der Waals surface area contributed by atoms with Gasteiger partial charge in [0.05, 0.1) is 0 Å². The largest absolute Gasteiger partial charge is 0.461 e. The second kappa shape index (κ2) is 9.15. The molecule has 1 unspecified atom stereocenters. The zero-order valence-corrected chi connectivity index (χ0v) is 12.5. The third-order valence-corrected chi connectivity index (χ3v) is 3.18. The van der Waals surface area contributed by atoms with E-state index in [-0.39, 0.29) is 5.97 Å². The molecule has 0 aliphatic carbocycles. The minimum absolute atomic E-state index is 0.0919. The minimum atomic E-state index is -0.0919. The second-order valence-electron chi connectivity index (χ2n) is 4.53. The quantitative estimate of drug-likeness (QED) is 0.402. The number of ether oxygens (including phenoxy) is 1. The van der Waals surface area contributed by atoms with E-state index in [0.717, 1.165) is 18.4 Å². The first kappa shape index (κ1) is 15.2. The fourth-order valence-corrected chi connectivity index (χ4v) is 2.01. The Kier molecular flexibility index (Phi) is 7.74. The molecule has 1 rings (SSSR count). The summed E-state index contributed by atoms with van der Waals surface area (Å²) in [4.78, 5) is 12.1. The van der Waals surface area contributed by atoms with Crippen molar-refractivity contribution in [3.05, 3.63) is 35.9 Å². The molecule has 1 aromatic carbocycles. The number of carbonyl (C=O) groups excluding carboxylic acids is 1. The number of benzene rings is 1. The normalized spacial score (nSPS) is 12.1. The summed E-state index contributed by atoms with van der Waals surface area (Å²) in [7, 11) is 0. The molecule has 0 aromatic heterocycles. The Morgan fingerprint density at radius 3 is 2.61 bits per heavy atom. The first-order valence-electron chi connectivity index (χ1n) is 6.52. The zero-order chi connectivity index (χ0) is 13.2. The number of rotatable bonds is 8. The van der Waals surface area contributed by atoms with Crippen LogP contribution in [0.5, 0.6) is 0 Å². The van der Waals surface area contributed by atoms with Gasteiger partial charge in [0.2, 0.25) is 0 Å². The predicted octanol–water partition coefficient (Wildman–Crippen LogP) is 4.46. The first-order valence-corrected chi connectivity index (χ1v) is 7.43. The number of halogens is 1. The van der Waals surface area contributed by atoms with Crippen LogP contribution in [0.3, 0.4) is 0 Å². The van der Waals surface area contributed by atoms with E-state index in [4.69, 9.17) is 4.74 Å². The fraction of sp³-hybridized carbons (Fsp3) is 0.533. The van der Waals surface area contributed by atoms with Crippen LogP contribution in [0.15, 0.2) is 30.3 Å². The molecular weight excluding hydrogens is 292 g/mol. The summed E-state index contributed by atoms with van der Waals surface area (Å²) in [5.41, 5.74) is 1.04. The third kappa shape index (κ3) is 7.49. The number of hydrogen-bond donors (Lipinski definition) is 0. The lowest BCUT2D eigenvalue weighted by Gasteiger charge is -2.05. The molecular formula is C15H21BrO2. The highest BCUT2D eigenvalue weighted by atomic mass is 79.9. The van der Waals surface area contributed by atoms with Crippen LogP contribution in [0.1, 0.15) is 44.6 Å². The molecule has 0 heterocycles. The predicted molar refractivity (Wildman–Crippen MR) is 77.7 cm³/mol. The van der Waals surface area contributed by atoms with Gasteiger partial charge in [0.1, 0.15) is 6.61 Å². The molecule has 3 heteroatoms. The maximum absolute atomic E-state index is 11.5. The summed E-state index contributed by atoms with van der Waals surface area (Å²) < 4.78 is 5.21. The van der Waals surface area contributed by atoms with Gasteiger partial charge >= 0.3 is 5.97 Å².